The van der Waals surface area contributed by atoms with Crippen LogP contribution in [0.2, 0.25) is 0 Å². The van der Waals surface area contributed by atoms with Gasteiger partial charge in [-0.1, -0.05) is 6.92 Å². The van der Waals surface area contributed by atoms with Crippen molar-refractivity contribution >= 4 is 5.78 Å². The fourth-order valence-electron chi connectivity index (χ4n) is 2.07. The molecular formula is C11H17N3O. The number of hydrogen-bond acceptors (Lipinski definition) is 3. The highest BCUT2D eigenvalue weighted by atomic mass is 16.1. The normalized spacial score (nSPS) is 20.0. The number of nitrogens with zero attached hydrogens (tertiary/aromatic N) is 2. The summed E-state index contributed by atoms with van der Waals surface area (Å²) in [7, 11) is 1.79. The van der Waals surface area contributed by atoms with Crippen molar-refractivity contribution in [2.75, 3.05) is 13.6 Å². The molecule has 1 aliphatic rings. The highest BCUT2D eigenvalue weighted by molar-refractivity contribution is 5.96. The maximum Gasteiger partial charge on any atom is 0.194 e. The number of carbonyl (C=O) groups excluding carboxylic acids is 1. The average Bonchev–Trinajstić information content (AvgIpc) is 2.60. The van der Waals surface area contributed by atoms with Crippen LogP contribution in [0.5, 0.6) is 0 Å². The Hall–Kier alpha value is -1.16. The number of Topliss-reactive ketones (excluding diaryl/α,β-unsaturated/α-hetero) is 1. The number of hydrogen-bond donors (Lipinski definition) is 1. The van der Waals surface area contributed by atoms with Crippen molar-refractivity contribution in [3.05, 3.63) is 17.7 Å². The summed E-state index contributed by atoms with van der Waals surface area (Å²) < 4.78 is 2.08. The third-order valence-electron chi connectivity index (χ3n) is 2.92. The van der Waals surface area contributed by atoms with E-state index >= 15 is 0 Å². The van der Waals surface area contributed by atoms with Crippen LogP contribution in [0.15, 0.2) is 6.20 Å². The zero-order chi connectivity index (χ0) is 10.8. The SMILES string of the molecule is CNCC(=O)c1cnc2n1CC(C)CC2. The predicted octanol–water partition coefficient (Wildman–Crippen LogP) is 0.867. The Labute approximate surface area is 89.7 Å². The third-order valence-corrected chi connectivity index (χ3v) is 2.92. The fraction of sp³-hybridized carbons (Fsp3) is 0.636. The first kappa shape index (κ1) is 10.4. The number of rotatable bonds is 3. The molecular weight excluding hydrogens is 190 g/mol. The second-order valence-electron chi connectivity index (χ2n) is 4.27. The van der Waals surface area contributed by atoms with E-state index < -0.39 is 0 Å². The summed E-state index contributed by atoms with van der Waals surface area (Å²) in [5, 5.41) is 2.88. The van der Waals surface area contributed by atoms with Gasteiger partial charge in [0.2, 0.25) is 0 Å². The monoisotopic (exact) mass is 207 g/mol. The molecule has 0 aliphatic carbocycles. The molecule has 0 spiro atoms. The van der Waals surface area contributed by atoms with Crippen molar-refractivity contribution < 1.29 is 4.79 Å². The lowest BCUT2D eigenvalue weighted by Crippen LogP contribution is -2.25. The van der Waals surface area contributed by atoms with Gasteiger partial charge in [-0.15, -0.1) is 0 Å². The molecule has 0 aromatic carbocycles. The van der Waals surface area contributed by atoms with E-state index in [2.05, 4.69) is 21.8 Å². The van der Waals surface area contributed by atoms with E-state index in [1.54, 1.807) is 13.2 Å². The maximum absolute atomic E-state index is 11.8. The van der Waals surface area contributed by atoms with Gasteiger partial charge in [0, 0.05) is 13.0 Å². The van der Waals surface area contributed by atoms with Crippen LogP contribution in [0.3, 0.4) is 0 Å². The number of carbonyl (C=O) groups is 1. The standard InChI is InChI=1S/C11H17N3O/c1-8-3-4-11-13-5-9(14(11)7-8)10(15)6-12-2/h5,8,12H,3-4,6-7H2,1-2H3. The molecule has 1 unspecified atom stereocenters. The van der Waals surface area contributed by atoms with Crippen LogP contribution >= 0.6 is 0 Å². The van der Waals surface area contributed by atoms with Crippen LogP contribution in [0.25, 0.3) is 0 Å². The summed E-state index contributed by atoms with van der Waals surface area (Å²) >= 11 is 0. The zero-order valence-electron chi connectivity index (χ0n) is 9.29. The lowest BCUT2D eigenvalue weighted by Gasteiger charge is -2.21. The van der Waals surface area contributed by atoms with E-state index in [-0.39, 0.29) is 5.78 Å². The quantitative estimate of drug-likeness (QED) is 0.748. The van der Waals surface area contributed by atoms with Gasteiger partial charge < -0.3 is 9.88 Å². The topological polar surface area (TPSA) is 46.9 Å². The number of likely N-dealkylation sites (N-methyl/N-ethyl adjacent to an activating group) is 1. The van der Waals surface area contributed by atoms with Crippen molar-refractivity contribution in [1.82, 2.24) is 14.9 Å². The first-order chi connectivity index (χ1) is 7.22. The second-order valence-corrected chi connectivity index (χ2v) is 4.27. The van der Waals surface area contributed by atoms with Crippen molar-refractivity contribution in [3.63, 3.8) is 0 Å². The van der Waals surface area contributed by atoms with Crippen LogP contribution in [-0.4, -0.2) is 28.9 Å². The minimum Gasteiger partial charge on any atom is -0.325 e. The first-order valence-corrected chi connectivity index (χ1v) is 5.44. The lowest BCUT2D eigenvalue weighted by atomic mass is 10.0. The van der Waals surface area contributed by atoms with E-state index in [0.717, 1.165) is 24.5 Å². The van der Waals surface area contributed by atoms with Gasteiger partial charge in [0.15, 0.2) is 5.78 Å². The Bertz CT molecular complexity index is 370. The van der Waals surface area contributed by atoms with Crippen LogP contribution in [-0.2, 0) is 13.0 Å². The van der Waals surface area contributed by atoms with Crippen molar-refractivity contribution in [2.24, 2.45) is 5.92 Å². The number of imidazole rings is 1. The van der Waals surface area contributed by atoms with Crippen LogP contribution in [0.4, 0.5) is 0 Å². The van der Waals surface area contributed by atoms with E-state index in [0.29, 0.717) is 12.5 Å². The molecule has 4 heteroatoms. The molecule has 0 fully saturated rings. The van der Waals surface area contributed by atoms with E-state index in [9.17, 15) is 4.79 Å². The third kappa shape index (κ3) is 1.95. The van der Waals surface area contributed by atoms with Crippen molar-refractivity contribution in [1.29, 1.82) is 0 Å². The molecule has 15 heavy (non-hydrogen) atoms. The fourth-order valence-corrected chi connectivity index (χ4v) is 2.07. The smallest absolute Gasteiger partial charge is 0.194 e. The van der Waals surface area contributed by atoms with Crippen molar-refractivity contribution in [3.8, 4) is 0 Å². The summed E-state index contributed by atoms with van der Waals surface area (Å²) in [6.45, 7) is 3.54. The molecule has 0 radical (unpaired) electrons. The lowest BCUT2D eigenvalue weighted by molar-refractivity contribution is 0.0982. The van der Waals surface area contributed by atoms with Gasteiger partial charge in [-0.2, -0.15) is 0 Å². The summed E-state index contributed by atoms with van der Waals surface area (Å²) in [6.07, 6.45) is 3.89. The van der Waals surface area contributed by atoms with E-state index in [1.807, 2.05) is 0 Å². The van der Waals surface area contributed by atoms with Crippen LogP contribution < -0.4 is 5.32 Å². The minimum atomic E-state index is 0.130. The van der Waals surface area contributed by atoms with E-state index in [4.69, 9.17) is 0 Å². The van der Waals surface area contributed by atoms with Gasteiger partial charge in [0.25, 0.3) is 0 Å². The van der Waals surface area contributed by atoms with Gasteiger partial charge in [0.05, 0.1) is 12.7 Å². The zero-order valence-corrected chi connectivity index (χ0v) is 9.29. The molecule has 4 nitrogen and oxygen atoms in total. The van der Waals surface area contributed by atoms with Gasteiger partial charge in [-0.25, -0.2) is 4.98 Å². The number of aromatic nitrogens is 2. The molecule has 1 aromatic heterocycles. The molecule has 2 rings (SSSR count). The Morgan fingerprint density at radius 1 is 1.73 bits per heavy atom. The molecule has 0 amide bonds. The summed E-state index contributed by atoms with van der Waals surface area (Å²) in [4.78, 5) is 16.1. The number of aryl methyl sites for hydroxylation is 1. The Balaban J connectivity index is 2.26. The molecule has 2 heterocycles. The van der Waals surface area contributed by atoms with Crippen LogP contribution in [0.1, 0.15) is 29.7 Å². The van der Waals surface area contributed by atoms with Gasteiger partial charge in [-0.3, -0.25) is 4.79 Å². The largest absolute Gasteiger partial charge is 0.325 e. The molecule has 1 N–H and O–H groups in total. The molecule has 82 valence electrons. The number of fused-ring (bicyclic) bond motifs is 1. The number of ketones is 1. The molecule has 0 saturated heterocycles. The summed E-state index contributed by atoms with van der Waals surface area (Å²) in [5.41, 5.74) is 0.755. The molecule has 1 atom stereocenters. The second kappa shape index (κ2) is 4.14. The molecule has 0 bridgehead atoms. The van der Waals surface area contributed by atoms with Crippen molar-refractivity contribution in [2.45, 2.75) is 26.3 Å². The highest BCUT2D eigenvalue weighted by Gasteiger charge is 2.21. The molecule has 0 saturated carbocycles. The van der Waals surface area contributed by atoms with Gasteiger partial charge in [0.1, 0.15) is 11.5 Å². The first-order valence-electron chi connectivity index (χ1n) is 5.44. The molecule has 1 aliphatic heterocycles. The highest BCUT2D eigenvalue weighted by Crippen LogP contribution is 2.20. The Kier molecular flexibility index (Phi) is 2.86. The average molecular weight is 207 g/mol. The minimum absolute atomic E-state index is 0.130. The van der Waals surface area contributed by atoms with Gasteiger partial charge >= 0.3 is 0 Å². The predicted molar refractivity (Wildman–Crippen MR) is 58.0 cm³/mol. The maximum atomic E-state index is 11.8. The van der Waals surface area contributed by atoms with Gasteiger partial charge in [-0.05, 0) is 19.4 Å². The van der Waals surface area contributed by atoms with Crippen LogP contribution in [0, 0.1) is 5.92 Å². The van der Waals surface area contributed by atoms with E-state index in [1.165, 1.54) is 6.42 Å². The summed E-state index contributed by atoms with van der Waals surface area (Å²) in [5.74, 6) is 1.84. The number of nitrogens with one attached hydrogen (secondary N) is 1. The Morgan fingerprint density at radius 2 is 2.53 bits per heavy atom. The molecule has 1 aromatic rings. The Morgan fingerprint density at radius 3 is 3.27 bits per heavy atom. The summed E-state index contributed by atoms with van der Waals surface area (Å²) in [6, 6.07) is 0.